The molecule has 6 bridgehead atoms. The Labute approximate surface area is 474 Å². The van der Waals surface area contributed by atoms with Crippen LogP contribution < -0.4 is 28.4 Å². The first-order valence-corrected chi connectivity index (χ1v) is 28.3. The van der Waals surface area contributed by atoms with E-state index in [1.807, 2.05) is 38.1 Å². The number of aliphatic hydroxyl groups excluding tert-OH is 1. The molecule has 0 amide bonds. The molecule has 426 valence electrons. The lowest BCUT2D eigenvalue weighted by Gasteiger charge is -2.64. The molecular weight excluding hydrogens is 1030 g/mol. The lowest BCUT2D eigenvalue weighted by molar-refractivity contribution is -0.200. The Morgan fingerprint density at radius 3 is 2.10 bits per heavy atom. The molecule has 4 aliphatic carbocycles. The van der Waals surface area contributed by atoms with Gasteiger partial charge < -0.3 is 47.4 Å². The van der Waals surface area contributed by atoms with E-state index in [1.54, 1.807) is 67.0 Å². The topological polar surface area (TPSA) is 168 Å². The number of aliphatic hydroxyl groups is 1. The summed E-state index contributed by atoms with van der Waals surface area (Å²) >= 11 is 0. The van der Waals surface area contributed by atoms with E-state index in [4.69, 9.17) is 42.3 Å². The third-order valence-electron chi connectivity index (χ3n) is 20.2. The second-order valence-electron chi connectivity index (χ2n) is 24.7. The normalized spacial score (nSPS) is 31.2. The van der Waals surface area contributed by atoms with Crippen molar-refractivity contribution in [3.05, 3.63) is 142 Å². The van der Waals surface area contributed by atoms with Crippen LogP contribution in [0.4, 0.5) is 0 Å². The summed E-state index contributed by atoms with van der Waals surface area (Å²) in [4.78, 5) is 44.4. The molecule has 15 heteroatoms. The predicted octanol–water partition coefficient (Wildman–Crippen LogP) is 11.6. The number of rotatable bonds is 6. The lowest BCUT2D eigenvalue weighted by atomic mass is 9.38. The molecule has 1 N–H and O–H groups in total. The molecule has 1 spiro atoms. The number of ketones is 2. The Hall–Kier alpha value is -7.07. The number of fused-ring (bicyclic) bond motifs is 5. The Morgan fingerprint density at radius 1 is 0.753 bits per heavy atom. The first-order chi connectivity index (χ1) is 38.7. The summed E-state index contributed by atoms with van der Waals surface area (Å²) in [6.45, 7) is 12.7. The van der Waals surface area contributed by atoms with Crippen LogP contribution in [0.3, 0.4) is 0 Å². The minimum Gasteiger partial charge on any atom is -0.504 e. The fourth-order valence-corrected chi connectivity index (χ4v) is 16.5. The fraction of sp³-hybridized carbons (Fsp3) is 0.470. The van der Waals surface area contributed by atoms with Crippen LogP contribution in [-0.2, 0) is 49.5 Å². The second kappa shape index (κ2) is 19.5. The van der Waals surface area contributed by atoms with Crippen LogP contribution in [0.2, 0.25) is 0 Å². The smallest absolute Gasteiger partial charge is 0.302 e. The molecule has 5 aliphatic heterocycles. The van der Waals surface area contributed by atoms with Gasteiger partial charge in [0.25, 0.3) is 0 Å². The maximum Gasteiger partial charge on any atom is 0.302 e. The minimum atomic E-state index is -1.17. The molecule has 9 aliphatic rings. The number of esters is 1. The van der Waals surface area contributed by atoms with Crippen molar-refractivity contribution in [3.8, 4) is 46.0 Å². The molecule has 4 aromatic carbocycles. The molecule has 10 unspecified atom stereocenters. The molecule has 15 nitrogen and oxygen atoms in total. The van der Waals surface area contributed by atoms with Gasteiger partial charge in [-0.2, -0.15) is 0 Å². The Balaban J connectivity index is 0.000000167. The molecule has 3 fully saturated rings. The zero-order valence-corrected chi connectivity index (χ0v) is 48.5. The fourth-order valence-electron chi connectivity index (χ4n) is 16.5. The number of carbonyl (C=O) groups excluding carboxylic acids is 3. The summed E-state index contributed by atoms with van der Waals surface area (Å²) in [6, 6.07) is 23.1. The van der Waals surface area contributed by atoms with E-state index in [0.29, 0.717) is 58.7 Å². The summed E-state index contributed by atoms with van der Waals surface area (Å²) in [5.41, 5.74) is 4.09. The van der Waals surface area contributed by atoms with Gasteiger partial charge in [0.2, 0.25) is 11.5 Å². The second-order valence-corrected chi connectivity index (χ2v) is 24.7. The van der Waals surface area contributed by atoms with Crippen LogP contribution in [-0.4, -0.2) is 106 Å². The van der Waals surface area contributed by atoms with E-state index in [1.165, 1.54) is 29.2 Å². The highest BCUT2D eigenvalue weighted by molar-refractivity contribution is 6.06. The number of carbonyl (C=O) groups is 3. The lowest BCUT2D eigenvalue weighted by Crippen LogP contribution is -2.70. The van der Waals surface area contributed by atoms with Gasteiger partial charge in [0, 0.05) is 54.4 Å². The molecule has 2 saturated carbocycles. The van der Waals surface area contributed by atoms with Gasteiger partial charge in [0.05, 0.1) is 57.9 Å². The van der Waals surface area contributed by atoms with Crippen molar-refractivity contribution < 1.29 is 61.8 Å². The zero-order valence-electron chi connectivity index (χ0n) is 48.5. The highest BCUT2D eigenvalue weighted by atomic mass is 16.6. The molecule has 1 aromatic heterocycles. The Morgan fingerprint density at radius 2 is 1.42 bits per heavy atom. The molecule has 81 heavy (non-hydrogen) atoms. The van der Waals surface area contributed by atoms with Crippen LogP contribution in [0.25, 0.3) is 0 Å². The third-order valence-corrected chi connectivity index (χ3v) is 20.2. The molecule has 5 aromatic rings. The number of furan rings is 1. The van der Waals surface area contributed by atoms with E-state index in [9.17, 15) is 19.5 Å². The molecular formula is C66H74N2O13. The number of nitrogens with zero attached hydrogens (tertiary/aromatic N) is 2. The molecule has 1 saturated heterocycles. The van der Waals surface area contributed by atoms with Crippen molar-refractivity contribution in [2.45, 2.75) is 116 Å². The monoisotopic (exact) mass is 1100 g/mol. The van der Waals surface area contributed by atoms with Crippen molar-refractivity contribution in [2.75, 3.05) is 55.6 Å². The molecule has 10 atom stereocenters. The Kier molecular flexibility index (Phi) is 13.2. The van der Waals surface area contributed by atoms with Crippen LogP contribution in [0.5, 0.6) is 46.0 Å². The van der Waals surface area contributed by atoms with Gasteiger partial charge >= 0.3 is 5.97 Å². The number of ether oxygens (including phenoxy) is 8. The number of benzene rings is 4. The number of hydrogen-bond donors (Lipinski definition) is 1. The first-order valence-electron chi connectivity index (χ1n) is 28.3. The quantitative estimate of drug-likeness (QED) is 0.126. The van der Waals surface area contributed by atoms with Crippen LogP contribution in [0.15, 0.2) is 107 Å². The van der Waals surface area contributed by atoms with E-state index < -0.39 is 51.0 Å². The summed E-state index contributed by atoms with van der Waals surface area (Å²) in [7, 11) is 11.1. The van der Waals surface area contributed by atoms with Crippen LogP contribution in [0, 0.1) is 27.6 Å². The maximum absolute atomic E-state index is 14.3. The van der Waals surface area contributed by atoms with Crippen molar-refractivity contribution in [1.82, 2.24) is 9.80 Å². The Bertz CT molecular complexity index is 3440. The number of epoxide rings is 1. The summed E-state index contributed by atoms with van der Waals surface area (Å²) in [5.74, 6) is 3.57. The standard InChI is InChI=1S/C38H42N2O6.C28H32O7/c1-39-15-13-25-20-32(42-4)34-22-28(25)29(39)17-23-7-10-27(11-8-23)45-33-19-24(9-12-31(33)41-3)18-30-36-26(14-16-40(30)2)21-35(43-5)37(44-6)38(36)46-34;1-14(29)34-17-12-26(5)16(15-8-10-33-13-15)11-19-28(26,35-19)27(6)21(17)25(4)9-7-18(30)24(2,3)22(25)20(31)23(27)32/h7-12,19-22,29-30H,13-18H2,1-6H3;7-10,13,16-17,19,21,31H,11-12H2,1-6H3. The van der Waals surface area contributed by atoms with Gasteiger partial charge in [0.1, 0.15) is 17.5 Å². The number of allylic oxidation sites excluding steroid dienone is 4. The van der Waals surface area contributed by atoms with Gasteiger partial charge in [-0.15, -0.1) is 0 Å². The van der Waals surface area contributed by atoms with Crippen molar-refractivity contribution in [2.24, 2.45) is 27.6 Å². The number of Topliss-reactive ketones (excluding diaryl/α,β-unsaturated/α-hetero) is 1. The highest BCUT2D eigenvalue weighted by Gasteiger charge is 2.89. The van der Waals surface area contributed by atoms with Crippen molar-refractivity contribution in [1.29, 1.82) is 0 Å². The number of methoxy groups -OCH3 is 4. The first kappa shape index (κ1) is 54.5. The minimum absolute atomic E-state index is 0.000437. The third kappa shape index (κ3) is 8.09. The molecule has 6 heterocycles. The van der Waals surface area contributed by atoms with E-state index in [2.05, 4.69) is 73.3 Å². The highest BCUT2D eigenvalue weighted by Crippen LogP contribution is 2.81. The average Bonchev–Trinajstić information content (AvgIpc) is 1.99. The average molecular weight is 1100 g/mol. The van der Waals surface area contributed by atoms with Gasteiger partial charge in [-0.05, 0) is 173 Å². The van der Waals surface area contributed by atoms with Crippen LogP contribution >= 0.6 is 0 Å². The van der Waals surface area contributed by atoms with Crippen molar-refractivity contribution >= 4 is 17.5 Å². The maximum atomic E-state index is 14.3. The summed E-state index contributed by atoms with van der Waals surface area (Å²) in [6.07, 6.45) is 10.5. The van der Waals surface area contributed by atoms with Gasteiger partial charge in [-0.1, -0.05) is 38.1 Å². The zero-order chi connectivity index (χ0) is 57.3. The van der Waals surface area contributed by atoms with E-state index in [-0.39, 0.29) is 35.6 Å². The van der Waals surface area contributed by atoms with Gasteiger partial charge in [0.15, 0.2) is 46.0 Å². The molecule has 0 radical (unpaired) electrons. The summed E-state index contributed by atoms with van der Waals surface area (Å²) < 4.78 is 55.0. The summed E-state index contributed by atoms with van der Waals surface area (Å²) in [5, 5.41) is 11.5. The van der Waals surface area contributed by atoms with E-state index >= 15 is 0 Å². The molecule has 14 rings (SSSR count). The van der Waals surface area contributed by atoms with E-state index in [0.717, 1.165) is 61.2 Å². The number of hydrogen-bond acceptors (Lipinski definition) is 15. The van der Waals surface area contributed by atoms with Crippen LogP contribution in [0.1, 0.15) is 111 Å². The number of likely N-dealkylation sites (N-methyl/N-ethyl adjacent to an activating group) is 2. The van der Waals surface area contributed by atoms with Crippen molar-refractivity contribution in [3.63, 3.8) is 0 Å². The van der Waals surface area contributed by atoms with Gasteiger partial charge in [-0.25, -0.2) is 0 Å². The van der Waals surface area contributed by atoms with Gasteiger partial charge in [-0.3, -0.25) is 24.2 Å². The predicted molar refractivity (Wildman–Crippen MR) is 302 cm³/mol. The SMILES string of the molecule is CC(=O)OC1CC2(C)C(c3ccoc3)CC3OC32C2(C)C(=O)C(O)=C3C(C)(C)C(=O)C=CC3(C)C12.COc1ccc2cc1Oc1ccc(cc1)CC1c3cc(c(OC)cc3CCN1C)Oc1c(OC)c(OC)cc3c1C(C2)N(C)CC3. The largest absolute Gasteiger partial charge is 0.504 e.